The normalized spacial score (nSPS) is 14.6. The molecule has 0 atom stereocenters. The van der Waals surface area contributed by atoms with Crippen molar-refractivity contribution in [3.63, 3.8) is 0 Å². The maximum absolute atomic E-state index is 12.2. The molecule has 1 saturated carbocycles. The molecular weight excluding hydrogens is 376 g/mol. The molecule has 1 aromatic heterocycles. The highest BCUT2D eigenvalue weighted by Crippen LogP contribution is 2.39. The second-order valence-corrected chi connectivity index (χ2v) is 9.19. The van der Waals surface area contributed by atoms with Crippen molar-refractivity contribution in [1.29, 1.82) is 0 Å². The Labute approximate surface area is 156 Å². The average molecular weight is 396 g/mol. The maximum atomic E-state index is 12.2. The minimum Gasteiger partial charge on any atom is -0.368 e. The van der Waals surface area contributed by atoms with E-state index >= 15 is 0 Å². The number of thioether (sulfide) groups is 1. The van der Waals surface area contributed by atoms with Crippen molar-refractivity contribution in [2.24, 2.45) is 0 Å². The van der Waals surface area contributed by atoms with Crippen molar-refractivity contribution in [3.05, 3.63) is 24.3 Å². The molecule has 1 aromatic carbocycles. The number of aromatic nitrogens is 3. The number of nitrogens with one attached hydrogen (secondary N) is 1. The van der Waals surface area contributed by atoms with Crippen molar-refractivity contribution in [1.82, 2.24) is 19.1 Å². The summed E-state index contributed by atoms with van der Waals surface area (Å²) in [4.78, 5) is 12.3. The van der Waals surface area contributed by atoms with Crippen LogP contribution in [0.3, 0.4) is 0 Å². The van der Waals surface area contributed by atoms with Crippen molar-refractivity contribution in [2.45, 2.75) is 28.9 Å². The summed E-state index contributed by atoms with van der Waals surface area (Å²) in [7, 11) is -0.640. The molecule has 3 rings (SSSR count). The van der Waals surface area contributed by atoms with E-state index in [-0.39, 0.29) is 16.6 Å². The molecule has 2 aromatic rings. The smallest absolute Gasteiger partial charge is 0.242 e. The van der Waals surface area contributed by atoms with E-state index in [1.54, 1.807) is 12.1 Å². The number of carbonyl (C=O) groups is 1. The fourth-order valence-electron chi connectivity index (χ4n) is 2.34. The Morgan fingerprint density at radius 3 is 2.77 bits per heavy atom. The van der Waals surface area contributed by atoms with Gasteiger partial charge in [-0.2, -0.15) is 0 Å². The van der Waals surface area contributed by atoms with Crippen molar-refractivity contribution < 1.29 is 13.2 Å². The second-order valence-electron chi connectivity index (χ2n) is 6.09. The third kappa shape index (κ3) is 4.00. The summed E-state index contributed by atoms with van der Waals surface area (Å²) in [6.45, 7) is 0. The van der Waals surface area contributed by atoms with Crippen molar-refractivity contribution >= 4 is 39.3 Å². The van der Waals surface area contributed by atoms with Gasteiger partial charge in [-0.15, -0.1) is 10.2 Å². The lowest BCUT2D eigenvalue weighted by Gasteiger charge is -2.12. The Morgan fingerprint density at radius 1 is 1.38 bits per heavy atom. The topological polar surface area (TPSA) is 123 Å². The quantitative estimate of drug-likeness (QED) is 0.674. The van der Waals surface area contributed by atoms with Gasteiger partial charge in [-0.05, 0) is 31.0 Å². The molecule has 0 radical (unpaired) electrons. The van der Waals surface area contributed by atoms with Gasteiger partial charge in [0.1, 0.15) is 0 Å². The van der Waals surface area contributed by atoms with Gasteiger partial charge < -0.3 is 11.1 Å². The Kier molecular flexibility index (Phi) is 5.21. The predicted molar refractivity (Wildman–Crippen MR) is 99.4 cm³/mol. The largest absolute Gasteiger partial charge is 0.368 e. The SMILES string of the molecule is CN(C)S(=O)(=O)c1cccc(NC(=O)CSc2nnc(N)n2C2CC2)c1. The van der Waals surface area contributed by atoms with E-state index in [4.69, 9.17) is 5.73 Å². The summed E-state index contributed by atoms with van der Waals surface area (Å²) in [5.74, 6) is 0.213. The second kappa shape index (κ2) is 7.25. The first-order valence-electron chi connectivity index (χ1n) is 7.94. The van der Waals surface area contributed by atoms with Gasteiger partial charge in [0.2, 0.25) is 21.9 Å². The van der Waals surface area contributed by atoms with Crippen LogP contribution in [0.2, 0.25) is 0 Å². The van der Waals surface area contributed by atoms with Crippen LogP contribution in [0, 0.1) is 0 Å². The maximum Gasteiger partial charge on any atom is 0.242 e. The van der Waals surface area contributed by atoms with Crippen LogP contribution >= 0.6 is 11.8 Å². The lowest BCUT2D eigenvalue weighted by atomic mass is 10.3. The Bertz CT molecular complexity index is 921. The number of hydrogen-bond donors (Lipinski definition) is 2. The van der Waals surface area contributed by atoms with E-state index < -0.39 is 10.0 Å². The first-order chi connectivity index (χ1) is 12.3. The summed E-state index contributed by atoms with van der Waals surface area (Å²) >= 11 is 1.25. The first kappa shape index (κ1) is 18.7. The molecule has 0 unspecified atom stereocenters. The van der Waals surface area contributed by atoms with Crippen molar-refractivity contribution in [3.8, 4) is 0 Å². The van der Waals surface area contributed by atoms with Crippen LogP contribution in [-0.4, -0.2) is 53.2 Å². The van der Waals surface area contributed by atoms with Crippen LogP contribution in [-0.2, 0) is 14.8 Å². The molecule has 0 saturated heterocycles. The summed E-state index contributed by atoms with van der Waals surface area (Å²) < 4.78 is 27.3. The zero-order valence-electron chi connectivity index (χ0n) is 14.4. The summed E-state index contributed by atoms with van der Waals surface area (Å²) in [5, 5.41) is 11.2. The van der Waals surface area contributed by atoms with Crippen molar-refractivity contribution in [2.75, 3.05) is 30.9 Å². The zero-order chi connectivity index (χ0) is 18.9. The molecule has 1 aliphatic carbocycles. The van der Waals surface area contributed by atoms with E-state index in [1.165, 1.54) is 38.0 Å². The number of nitrogens with two attached hydrogens (primary N) is 1. The summed E-state index contributed by atoms with van der Waals surface area (Å²) in [6, 6.07) is 6.47. The number of nitrogens with zero attached hydrogens (tertiary/aromatic N) is 4. The number of hydrogen-bond acceptors (Lipinski definition) is 7. The minimum atomic E-state index is -3.55. The molecule has 1 fully saturated rings. The minimum absolute atomic E-state index is 0.120. The molecule has 0 aliphatic heterocycles. The number of amides is 1. The fraction of sp³-hybridized carbons (Fsp3) is 0.400. The summed E-state index contributed by atoms with van der Waals surface area (Å²) in [6.07, 6.45) is 2.07. The van der Waals surface area contributed by atoms with Gasteiger partial charge in [0.15, 0.2) is 5.16 Å². The molecule has 140 valence electrons. The van der Waals surface area contributed by atoms with E-state index in [2.05, 4.69) is 15.5 Å². The molecule has 0 bridgehead atoms. The molecular formula is C15H20N6O3S2. The number of nitrogen functional groups attached to an aromatic ring is 1. The Hall–Kier alpha value is -2.11. The third-order valence-electron chi connectivity index (χ3n) is 3.83. The lowest BCUT2D eigenvalue weighted by Crippen LogP contribution is -2.22. The molecule has 1 heterocycles. The van der Waals surface area contributed by atoms with E-state index in [0.717, 1.165) is 17.1 Å². The number of sulfonamides is 1. The average Bonchev–Trinajstić information content (AvgIpc) is 3.36. The fourth-order valence-corrected chi connectivity index (χ4v) is 4.10. The van der Waals surface area contributed by atoms with Gasteiger partial charge in [-0.25, -0.2) is 12.7 Å². The highest BCUT2D eigenvalue weighted by Gasteiger charge is 2.29. The molecule has 26 heavy (non-hydrogen) atoms. The monoisotopic (exact) mass is 396 g/mol. The lowest BCUT2D eigenvalue weighted by molar-refractivity contribution is -0.113. The van der Waals surface area contributed by atoms with E-state index in [1.807, 2.05) is 4.57 Å². The van der Waals surface area contributed by atoms with Gasteiger partial charge in [0.25, 0.3) is 0 Å². The van der Waals surface area contributed by atoms with Gasteiger partial charge >= 0.3 is 0 Å². The van der Waals surface area contributed by atoms with Gasteiger partial charge in [0.05, 0.1) is 10.6 Å². The van der Waals surface area contributed by atoms with Crippen LogP contribution in [0.1, 0.15) is 18.9 Å². The van der Waals surface area contributed by atoms with Crippen LogP contribution in [0.4, 0.5) is 11.6 Å². The van der Waals surface area contributed by atoms with E-state index in [0.29, 0.717) is 22.8 Å². The van der Waals surface area contributed by atoms with Crippen LogP contribution in [0.25, 0.3) is 0 Å². The Morgan fingerprint density at radius 2 is 2.12 bits per heavy atom. The molecule has 3 N–H and O–H groups in total. The number of rotatable bonds is 7. The first-order valence-corrected chi connectivity index (χ1v) is 10.4. The highest BCUT2D eigenvalue weighted by molar-refractivity contribution is 7.99. The van der Waals surface area contributed by atoms with Crippen LogP contribution in [0.5, 0.6) is 0 Å². The highest BCUT2D eigenvalue weighted by atomic mass is 32.2. The van der Waals surface area contributed by atoms with Crippen LogP contribution < -0.4 is 11.1 Å². The standard InChI is InChI=1S/C15H20N6O3S2/c1-20(2)26(23,24)12-5-3-4-10(8-12)17-13(22)9-25-15-19-18-14(16)21(15)11-6-7-11/h3-5,8,11H,6-7,9H2,1-2H3,(H2,16,18)(H,17,22). The predicted octanol–water partition coefficient (Wildman–Crippen LogP) is 1.18. The number of anilines is 2. The molecule has 1 aliphatic rings. The Balaban J connectivity index is 1.64. The van der Waals surface area contributed by atoms with Gasteiger partial charge in [-0.1, -0.05) is 17.8 Å². The van der Waals surface area contributed by atoms with Gasteiger partial charge in [0, 0.05) is 25.8 Å². The molecule has 1 amide bonds. The third-order valence-corrected chi connectivity index (χ3v) is 6.59. The zero-order valence-corrected chi connectivity index (χ0v) is 16.0. The van der Waals surface area contributed by atoms with Crippen LogP contribution in [0.15, 0.2) is 34.3 Å². The number of benzene rings is 1. The molecule has 11 heteroatoms. The molecule has 9 nitrogen and oxygen atoms in total. The molecule has 0 spiro atoms. The van der Waals surface area contributed by atoms with E-state index in [9.17, 15) is 13.2 Å². The summed E-state index contributed by atoms with van der Waals surface area (Å²) in [5.41, 5.74) is 6.23. The number of carbonyl (C=O) groups excluding carboxylic acids is 1. The van der Waals surface area contributed by atoms with Gasteiger partial charge in [-0.3, -0.25) is 9.36 Å².